The Morgan fingerprint density at radius 3 is 2.08 bits per heavy atom. The molecular weight excluding hydrogens is 166 g/mol. The predicted molar refractivity (Wildman–Crippen MR) is 57.2 cm³/mol. The zero-order valence-corrected chi connectivity index (χ0v) is 9.96. The van der Waals surface area contributed by atoms with Gasteiger partial charge >= 0.3 is 0 Å². The molecule has 0 radical (unpaired) electrons. The number of likely N-dealkylation sites (N-methyl/N-ethyl adjacent to an activating group) is 1. The minimum Gasteiger partial charge on any atom is -0.382 e. The van der Waals surface area contributed by atoms with Crippen molar-refractivity contribution < 1.29 is 9.47 Å². The molecule has 1 unspecified atom stereocenters. The largest absolute Gasteiger partial charge is 0.382 e. The number of ether oxygens (including phenoxy) is 2. The van der Waals surface area contributed by atoms with E-state index in [2.05, 4.69) is 18.9 Å². The van der Waals surface area contributed by atoms with Gasteiger partial charge in [0, 0.05) is 20.8 Å². The molecule has 13 heavy (non-hydrogen) atoms. The molecule has 1 atom stereocenters. The third kappa shape index (κ3) is 9.80. The van der Waals surface area contributed by atoms with Crippen LogP contribution in [-0.4, -0.2) is 52.0 Å². The molecule has 0 bridgehead atoms. The summed E-state index contributed by atoms with van der Waals surface area (Å²) in [5.41, 5.74) is 0. The average molecular weight is 191 g/mol. The second kappa shape index (κ2) is 11.9. The summed E-state index contributed by atoms with van der Waals surface area (Å²) in [5, 5.41) is 0. The molecule has 0 amide bonds. The molecule has 0 aliphatic heterocycles. The third-order valence-electron chi connectivity index (χ3n) is 1.74. The van der Waals surface area contributed by atoms with E-state index in [9.17, 15) is 0 Å². The van der Waals surface area contributed by atoms with E-state index in [1.165, 1.54) is 0 Å². The lowest BCUT2D eigenvalue weighted by molar-refractivity contribution is 0.0112. The molecule has 82 valence electrons. The molecule has 0 heterocycles. The fraction of sp³-hybridized carbons (Fsp3) is 1.00. The van der Waals surface area contributed by atoms with E-state index in [4.69, 9.17) is 9.47 Å². The minimum atomic E-state index is 0.199. The standard InChI is InChI=1S/C8H19NO2.C2H6/c1-5-9(2)6-8(11-4)7-10-3;1-2/h8H,5-7H2,1-4H3;1-2H3. The van der Waals surface area contributed by atoms with E-state index in [0.29, 0.717) is 6.61 Å². The van der Waals surface area contributed by atoms with Gasteiger partial charge in [0.2, 0.25) is 0 Å². The summed E-state index contributed by atoms with van der Waals surface area (Å²) >= 11 is 0. The molecule has 0 saturated heterocycles. The van der Waals surface area contributed by atoms with Crippen LogP contribution < -0.4 is 0 Å². The minimum absolute atomic E-state index is 0.199. The van der Waals surface area contributed by atoms with Gasteiger partial charge in [-0.05, 0) is 13.6 Å². The van der Waals surface area contributed by atoms with E-state index in [-0.39, 0.29) is 6.10 Å². The van der Waals surface area contributed by atoms with Crippen LogP contribution in [-0.2, 0) is 9.47 Å². The second-order valence-corrected chi connectivity index (χ2v) is 2.67. The first-order valence-corrected chi connectivity index (χ1v) is 4.94. The van der Waals surface area contributed by atoms with Crippen molar-refractivity contribution in [3.8, 4) is 0 Å². The average Bonchev–Trinajstić information content (AvgIpc) is 2.20. The number of hydrogen-bond acceptors (Lipinski definition) is 3. The van der Waals surface area contributed by atoms with Crippen LogP contribution in [0, 0.1) is 0 Å². The SMILES string of the molecule is CC.CCN(C)CC(COC)OC. The van der Waals surface area contributed by atoms with Crippen LogP contribution in [0.4, 0.5) is 0 Å². The fourth-order valence-electron chi connectivity index (χ4n) is 0.858. The van der Waals surface area contributed by atoms with Crippen molar-refractivity contribution in [1.29, 1.82) is 0 Å². The number of hydrogen-bond donors (Lipinski definition) is 0. The molecule has 3 nitrogen and oxygen atoms in total. The Morgan fingerprint density at radius 2 is 1.77 bits per heavy atom. The highest BCUT2D eigenvalue weighted by atomic mass is 16.5. The van der Waals surface area contributed by atoms with Gasteiger partial charge in [-0.1, -0.05) is 20.8 Å². The van der Waals surface area contributed by atoms with Gasteiger partial charge in [-0.15, -0.1) is 0 Å². The Hall–Kier alpha value is -0.120. The highest BCUT2D eigenvalue weighted by molar-refractivity contribution is 4.60. The van der Waals surface area contributed by atoms with Crippen LogP contribution in [0.1, 0.15) is 20.8 Å². The maximum atomic E-state index is 5.20. The maximum Gasteiger partial charge on any atom is 0.0930 e. The summed E-state index contributed by atoms with van der Waals surface area (Å²) in [5.74, 6) is 0. The predicted octanol–water partition coefficient (Wildman–Crippen LogP) is 1.63. The van der Waals surface area contributed by atoms with Gasteiger partial charge in [0.25, 0.3) is 0 Å². The molecule has 0 N–H and O–H groups in total. The lowest BCUT2D eigenvalue weighted by Gasteiger charge is -2.20. The number of methoxy groups -OCH3 is 2. The van der Waals surface area contributed by atoms with Gasteiger partial charge in [-0.25, -0.2) is 0 Å². The molecule has 3 heteroatoms. The Balaban J connectivity index is 0. The van der Waals surface area contributed by atoms with Gasteiger partial charge < -0.3 is 14.4 Å². The van der Waals surface area contributed by atoms with E-state index >= 15 is 0 Å². The van der Waals surface area contributed by atoms with E-state index in [1.54, 1.807) is 14.2 Å². The summed E-state index contributed by atoms with van der Waals surface area (Å²) < 4.78 is 10.2. The molecule has 0 spiro atoms. The summed E-state index contributed by atoms with van der Waals surface area (Å²) in [4.78, 5) is 2.20. The Bertz CT molecular complexity index is 89.0. The van der Waals surface area contributed by atoms with Gasteiger partial charge in [-0.3, -0.25) is 0 Å². The zero-order valence-electron chi connectivity index (χ0n) is 9.96. The molecule has 0 rings (SSSR count). The lowest BCUT2D eigenvalue weighted by atomic mass is 10.3. The molecule has 0 aromatic heterocycles. The molecule has 0 saturated carbocycles. The summed E-state index contributed by atoms with van der Waals surface area (Å²) in [6, 6.07) is 0. The van der Waals surface area contributed by atoms with Crippen LogP contribution in [0.2, 0.25) is 0 Å². The van der Waals surface area contributed by atoms with E-state index in [0.717, 1.165) is 13.1 Å². The van der Waals surface area contributed by atoms with Crippen molar-refractivity contribution in [2.75, 3.05) is 41.0 Å². The number of nitrogens with zero attached hydrogens (tertiary/aromatic N) is 1. The quantitative estimate of drug-likeness (QED) is 0.637. The van der Waals surface area contributed by atoms with Crippen molar-refractivity contribution >= 4 is 0 Å². The maximum absolute atomic E-state index is 5.20. The highest BCUT2D eigenvalue weighted by Gasteiger charge is 2.08. The summed E-state index contributed by atoms with van der Waals surface area (Å²) in [6.45, 7) is 8.77. The topological polar surface area (TPSA) is 21.7 Å². The van der Waals surface area contributed by atoms with E-state index < -0.39 is 0 Å². The smallest absolute Gasteiger partial charge is 0.0930 e. The van der Waals surface area contributed by atoms with Crippen LogP contribution in [0.15, 0.2) is 0 Å². The van der Waals surface area contributed by atoms with Gasteiger partial charge in [0.15, 0.2) is 0 Å². The first-order valence-electron chi connectivity index (χ1n) is 4.94. The first-order chi connectivity index (χ1) is 6.24. The summed E-state index contributed by atoms with van der Waals surface area (Å²) in [7, 11) is 5.48. The van der Waals surface area contributed by atoms with Crippen LogP contribution in [0.25, 0.3) is 0 Å². The normalized spacial score (nSPS) is 12.2. The van der Waals surface area contributed by atoms with Crippen molar-refractivity contribution in [1.82, 2.24) is 4.90 Å². The molecule has 0 fully saturated rings. The van der Waals surface area contributed by atoms with Crippen molar-refractivity contribution in [2.45, 2.75) is 26.9 Å². The van der Waals surface area contributed by atoms with Crippen LogP contribution >= 0.6 is 0 Å². The fourth-order valence-corrected chi connectivity index (χ4v) is 0.858. The van der Waals surface area contributed by atoms with Crippen molar-refractivity contribution in [2.24, 2.45) is 0 Å². The molecule has 0 aromatic carbocycles. The zero-order chi connectivity index (χ0) is 10.7. The van der Waals surface area contributed by atoms with Gasteiger partial charge in [0.1, 0.15) is 0 Å². The van der Waals surface area contributed by atoms with Gasteiger partial charge in [0.05, 0.1) is 12.7 Å². The Labute approximate surface area is 83.0 Å². The monoisotopic (exact) mass is 191 g/mol. The first kappa shape index (κ1) is 15.4. The van der Waals surface area contributed by atoms with Crippen LogP contribution in [0.3, 0.4) is 0 Å². The molecule has 0 aromatic rings. The lowest BCUT2D eigenvalue weighted by Crippen LogP contribution is -2.33. The molecule has 0 aliphatic rings. The van der Waals surface area contributed by atoms with Crippen LogP contribution in [0.5, 0.6) is 0 Å². The third-order valence-corrected chi connectivity index (χ3v) is 1.74. The summed E-state index contributed by atoms with van der Waals surface area (Å²) in [6.07, 6.45) is 0.199. The highest BCUT2D eigenvalue weighted by Crippen LogP contribution is 1.93. The Kier molecular flexibility index (Phi) is 14.0. The van der Waals surface area contributed by atoms with E-state index in [1.807, 2.05) is 13.8 Å². The van der Waals surface area contributed by atoms with Gasteiger partial charge in [-0.2, -0.15) is 0 Å². The van der Waals surface area contributed by atoms with Crippen molar-refractivity contribution in [3.05, 3.63) is 0 Å². The van der Waals surface area contributed by atoms with Crippen molar-refractivity contribution in [3.63, 3.8) is 0 Å². The molecule has 0 aliphatic carbocycles. The Morgan fingerprint density at radius 1 is 1.23 bits per heavy atom. The number of rotatable bonds is 6. The molecular formula is C10H25NO2. The second-order valence-electron chi connectivity index (χ2n) is 2.67.